The molecule has 3 aromatic carbocycles. The molecular formula is C32H36FNO4S. The highest BCUT2D eigenvalue weighted by Gasteiger charge is 2.31. The summed E-state index contributed by atoms with van der Waals surface area (Å²) in [6.07, 6.45) is 7.33. The van der Waals surface area contributed by atoms with Crippen LogP contribution in [0.4, 0.5) is 4.39 Å². The monoisotopic (exact) mass is 549 g/mol. The van der Waals surface area contributed by atoms with Crippen LogP contribution in [-0.4, -0.2) is 41.3 Å². The second-order valence-electron chi connectivity index (χ2n) is 10.6. The highest BCUT2D eigenvalue weighted by atomic mass is 32.2. The van der Waals surface area contributed by atoms with Crippen molar-refractivity contribution in [2.75, 3.05) is 19.3 Å². The zero-order valence-electron chi connectivity index (χ0n) is 22.8. The molecule has 39 heavy (non-hydrogen) atoms. The molecule has 0 radical (unpaired) electrons. The molecule has 6 rings (SSSR count). The summed E-state index contributed by atoms with van der Waals surface area (Å²) < 4.78 is 30.2. The van der Waals surface area contributed by atoms with E-state index >= 15 is 4.39 Å². The molecule has 1 saturated carbocycles. The highest BCUT2D eigenvalue weighted by molar-refractivity contribution is 7.96. The van der Waals surface area contributed by atoms with Crippen molar-refractivity contribution >= 4 is 18.4 Å². The third kappa shape index (κ3) is 6.10. The summed E-state index contributed by atoms with van der Waals surface area (Å²) >= 11 is 1.78. The van der Waals surface area contributed by atoms with Crippen molar-refractivity contribution in [3.8, 4) is 22.6 Å². The van der Waals surface area contributed by atoms with Gasteiger partial charge in [-0.2, -0.15) is 0 Å². The van der Waals surface area contributed by atoms with Crippen molar-refractivity contribution in [1.82, 2.24) is 4.31 Å². The second-order valence-corrected chi connectivity index (χ2v) is 11.5. The lowest BCUT2D eigenvalue weighted by Crippen LogP contribution is -2.20. The van der Waals surface area contributed by atoms with E-state index in [9.17, 15) is 0 Å². The summed E-state index contributed by atoms with van der Waals surface area (Å²) in [6, 6.07) is 16.3. The first-order valence-electron chi connectivity index (χ1n) is 13.6. The molecule has 0 aromatic heterocycles. The first kappa shape index (κ1) is 27.5. The smallest absolute Gasteiger partial charge is 0.290 e. The number of benzene rings is 3. The average molecular weight is 550 g/mol. The van der Waals surface area contributed by atoms with Gasteiger partial charge in [0, 0.05) is 18.7 Å². The lowest BCUT2D eigenvalue weighted by molar-refractivity contribution is -0.122. The van der Waals surface area contributed by atoms with Crippen LogP contribution >= 0.6 is 11.9 Å². The molecule has 1 saturated heterocycles. The minimum atomic E-state index is -0.253. The van der Waals surface area contributed by atoms with Crippen molar-refractivity contribution in [2.24, 2.45) is 0 Å². The molecule has 206 valence electrons. The topological polar surface area (TPSA) is 59.0 Å². The molecule has 0 bridgehead atoms. The van der Waals surface area contributed by atoms with Gasteiger partial charge in [-0.15, -0.1) is 0 Å². The Morgan fingerprint density at radius 1 is 0.974 bits per heavy atom. The van der Waals surface area contributed by atoms with Crippen LogP contribution in [0.1, 0.15) is 65.5 Å². The average Bonchev–Trinajstić information content (AvgIpc) is 3.52. The van der Waals surface area contributed by atoms with Gasteiger partial charge in [0.2, 0.25) is 0 Å². The molecule has 1 aliphatic heterocycles. The number of ether oxygens (including phenoxy) is 2. The summed E-state index contributed by atoms with van der Waals surface area (Å²) in [5.74, 6) is 2.30. The lowest BCUT2D eigenvalue weighted by Gasteiger charge is -2.20. The van der Waals surface area contributed by atoms with Gasteiger partial charge in [-0.1, -0.05) is 30.1 Å². The maximum Gasteiger partial charge on any atom is 0.290 e. The molecule has 0 amide bonds. The van der Waals surface area contributed by atoms with Gasteiger partial charge in [-0.25, -0.2) is 8.70 Å². The Morgan fingerprint density at radius 3 is 2.28 bits per heavy atom. The Bertz CT molecular complexity index is 1300. The van der Waals surface area contributed by atoms with Crippen LogP contribution in [-0.2, 0) is 11.2 Å². The summed E-state index contributed by atoms with van der Waals surface area (Å²) in [5.41, 5.74) is 7.83. The normalized spacial score (nSPS) is 20.2. The Hall–Kier alpha value is -3.03. The number of carbonyl (C=O) groups is 1. The van der Waals surface area contributed by atoms with Crippen molar-refractivity contribution in [3.05, 3.63) is 82.2 Å². The number of hydrogen-bond acceptors (Lipinski definition) is 5. The summed E-state index contributed by atoms with van der Waals surface area (Å²) in [7, 11) is 0. The van der Waals surface area contributed by atoms with E-state index in [2.05, 4.69) is 48.7 Å². The second kappa shape index (κ2) is 12.0. The zero-order chi connectivity index (χ0) is 27.5. The maximum atomic E-state index is 15.2. The van der Waals surface area contributed by atoms with E-state index in [1.807, 2.05) is 18.2 Å². The van der Waals surface area contributed by atoms with Gasteiger partial charge in [-0.3, -0.25) is 4.79 Å². The molecule has 3 aliphatic rings. The van der Waals surface area contributed by atoms with Gasteiger partial charge < -0.3 is 14.6 Å². The molecule has 1 N–H and O–H groups in total. The lowest BCUT2D eigenvalue weighted by atomic mass is 9.90. The summed E-state index contributed by atoms with van der Waals surface area (Å²) in [4.78, 5) is 8.36. The van der Waals surface area contributed by atoms with Crippen LogP contribution in [0, 0.1) is 19.7 Å². The van der Waals surface area contributed by atoms with Gasteiger partial charge in [0.1, 0.15) is 29.5 Å². The van der Waals surface area contributed by atoms with Crippen LogP contribution < -0.4 is 9.47 Å². The fraction of sp³-hybridized carbons (Fsp3) is 0.406. The Labute approximate surface area is 234 Å². The molecule has 3 aromatic rings. The predicted octanol–water partition coefficient (Wildman–Crippen LogP) is 7.49. The van der Waals surface area contributed by atoms with Gasteiger partial charge in [-0.05, 0) is 122 Å². The maximum absolute atomic E-state index is 15.2. The van der Waals surface area contributed by atoms with Crippen LogP contribution in [0.15, 0.2) is 48.5 Å². The van der Waals surface area contributed by atoms with E-state index in [0.717, 1.165) is 66.5 Å². The van der Waals surface area contributed by atoms with E-state index in [4.69, 9.17) is 19.4 Å². The summed E-state index contributed by atoms with van der Waals surface area (Å²) in [6.45, 7) is 6.05. The number of fused-ring (bicyclic) bond motifs is 1. The standard InChI is InChI=1S/C31H34FNO2S.CH2O2/c1-19-16-25(34-24-14-15-33(18-24)36-3)17-20(2)30(19)26-10-12-28(32)31-27(26)11-13-29(31)35-23-8-6-22(7-9-23)21-4-5-21;2-1-3/h6-10,12,16-17,21,24,29H,4-5,11,13-15,18H2,1-3H3;1H,(H,2,3). The highest BCUT2D eigenvalue weighted by Crippen LogP contribution is 2.45. The number of aryl methyl sites for hydroxylation is 2. The molecule has 2 fully saturated rings. The van der Waals surface area contributed by atoms with E-state index in [0.29, 0.717) is 0 Å². The van der Waals surface area contributed by atoms with Crippen molar-refractivity contribution in [2.45, 2.75) is 64.1 Å². The number of carboxylic acid groups (broad SMARTS) is 1. The SMILES string of the molecule is CSN1CCC(Oc2cc(C)c(-c3ccc(F)c4c3CCC4Oc3ccc(C4CC4)cc3)c(C)c2)C1.O=CO. The minimum absolute atomic E-state index is 0.166. The van der Waals surface area contributed by atoms with Crippen molar-refractivity contribution in [3.63, 3.8) is 0 Å². The minimum Gasteiger partial charge on any atom is -0.489 e. The van der Waals surface area contributed by atoms with Crippen LogP contribution in [0.5, 0.6) is 11.5 Å². The molecule has 2 unspecified atom stereocenters. The van der Waals surface area contributed by atoms with E-state index < -0.39 is 0 Å². The third-order valence-electron chi connectivity index (χ3n) is 7.93. The quantitative estimate of drug-likeness (QED) is 0.243. The predicted molar refractivity (Wildman–Crippen MR) is 154 cm³/mol. The molecule has 2 atom stereocenters. The molecule has 5 nitrogen and oxygen atoms in total. The van der Waals surface area contributed by atoms with Gasteiger partial charge in [0.25, 0.3) is 6.47 Å². The van der Waals surface area contributed by atoms with Gasteiger partial charge >= 0.3 is 0 Å². The fourth-order valence-electron chi connectivity index (χ4n) is 5.99. The van der Waals surface area contributed by atoms with Crippen LogP contribution in [0.3, 0.4) is 0 Å². The van der Waals surface area contributed by atoms with Crippen molar-refractivity contribution in [1.29, 1.82) is 0 Å². The zero-order valence-corrected chi connectivity index (χ0v) is 23.6. The first-order valence-corrected chi connectivity index (χ1v) is 14.8. The van der Waals surface area contributed by atoms with Crippen LogP contribution in [0.25, 0.3) is 11.1 Å². The first-order chi connectivity index (χ1) is 18.9. The Morgan fingerprint density at radius 2 is 1.67 bits per heavy atom. The Kier molecular flexibility index (Phi) is 8.48. The molecule has 2 aliphatic carbocycles. The van der Waals surface area contributed by atoms with Crippen molar-refractivity contribution < 1.29 is 23.8 Å². The largest absolute Gasteiger partial charge is 0.489 e. The summed E-state index contributed by atoms with van der Waals surface area (Å²) in [5, 5.41) is 6.89. The van der Waals surface area contributed by atoms with Gasteiger partial charge in [0.15, 0.2) is 0 Å². The van der Waals surface area contributed by atoms with E-state index in [-0.39, 0.29) is 24.5 Å². The molecule has 7 heteroatoms. The third-order valence-corrected chi connectivity index (χ3v) is 8.78. The van der Waals surface area contributed by atoms with E-state index in [1.165, 1.54) is 35.1 Å². The molecule has 0 spiro atoms. The number of rotatable bonds is 7. The molecule has 1 heterocycles. The number of halogens is 1. The fourth-order valence-corrected chi connectivity index (χ4v) is 6.60. The molecular weight excluding hydrogens is 513 g/mol. The van der Waals surface area contributed by atoms with E-state index in [1.54, 1.807) is 18.0 Å². The Balaban J connectivity index is 0.000000983. The number of hydrogen-bond donors (Lipinski definition) is 1. The number of nitrogens with zero attached hydrogens (tertiary/aromatic N) is 1. The van der Waals surface area contributed by atoms with Gasteiger partial charge in [0.05, 0.1) is 0 Å². The van der Waals surface area contributed by atoms with Crippen LogP contribution in [0.2, 0.25) is 0 Å².